The summed E-state index contributed by atoms with van der Waals surface area (Å²) in [6.45, 7) is 4.99. The van der Waals surface area contributed by atoms with E-state index in [4.69, 9.17) is 10.5 Å². The van der Waals surface area contributed by atoms with Gasteiger partial charge in [0.15, 0.2) is 0 Å². The number of ether oxygens (including phenoxy) is 1. The zero-order valence-corrected chi connectivity index (χ0v) is 10.5. The van der Waals surface area contributed by atoms with Crippen LogP contribution >= 0.6 is 0 Å². The SMILES string of the molecule is CC1COC(CN)CN1CCC(=O)N(C)C. The van der Waals surface area contributed by atoms with Gasteiger partial charge in [0.2, 0.25) is 5.91 Å². The van der Waals surface area contributed by atoms with E-state index in [0.717, 1.165) is 13.1 Å². The van der Waals surface area contributed by atoms with Gasteiger partial charge in [-0.3, -0.25) is 9.69 Å². The quantitative estimate of drug-likeness (QED) is 0.707. The van der Waals surface area contributed by atoms with E-state index in [1.165, 1.54) is 0 Å². The van der Waals surface area contributed by atoms with Crippen LogP contribution in [0.2, 0.25) is 0 Å². The summed E-state index contributed by atoms with van der Waals surface area (Å²) in [5.74, 6) is 0.169. The molecular weight excluding hydrogens is 206 g/mol. The van der Waals surface area contributed by atoms with Crippen molar-refractivity contribution in [2.75, 3.05) is 40.3 Å². The fraction of sp³-hybridized carbons (Fsp3) is 0.909. The molecule has 0 radical (unpaired) electrons. The van der Waals surface area contributed by atoms with E-state index in [0.29, 0.717) is 25.6 Å². The number of nitrogens with zero attached hydrogens (tertiary/aromatic N) is 2. The first-order valence-electron chi connectivity index (χ1n) is 5.80. The van der Waals surface area contributed by atoms with Crippen LogP contribution in [-0.2, 0) is 9.53 Å². The van der Waals surface area contributed by atoms with Gasteiger partial charge in [-0.2, -0.15) is 0 Å². The maximum absolute atomic E-state index is 11.5. The maximum Gasteiger partial charge on any atom is 0.223 e. The fourth-order valence-corrected chi connectivity index (χ4v) is 1.79. The first-order chi connectivity index (χ1) is 7.54. The Morgan fingerprint density at radius 2 is 2.25 bits per heavy atom. The third-order valence-electron chi connectivity index (χ3n) is 3.01. The molecule has 0 bridgehead atoms. The topological polar surface area (TPSA) is 58.8 Å². The fourth-order valence-electron chi connectivity index (χ4n) is 1.79. The van der Waals surface area contributed by atoms with Gasteiger partial charge < -0.3 is 15.4 Å². The minimum atomic E-state index is 0.116. The van der Waals surface area contributed by atoms with Crippen LogP contribution < -0.4 is 5.73 Å². The second-order valence-electron chi connectivity index (χ2n) is 4.57. The normalized spacial score (nSPS) is 26.8. The monoisotopic (exact) mass is 229 g/mol. The molecule has 0 spiro atoms. The van der Waals surface area contributed by atoms with Crippen LogP contribution in [0.15, 0.2) is 0 Å². The molecule has 0 saturated carbocycles. The van der Waals surface area contributed by atoms with Gasteiger partial charge in [-0.05, 0) is 6.92 Å². The van der Waals surface area contributed by atoms with E-state index in [2.05, 4.69) is 11.8 Å². The maximum atomic E-state index is 11.5. The molecule has 1 fully saturated rings. The Kier molecular flexibility index (Phi) is 5.18. The van der Waals surface area contributed by atoms with Crippen molar-refractivity contribution in [3.63, 3.8) is 0 Å². The molecule has 0 aliphatic carbocycles. The average molecular weight is 229 g/mol. The Bertz CT molecular complexity index is 233. The molecule has 1 rings (SSSR count). The Hall–Kier alpha value is -0.650. The molecule has 5 heteroatoms. The lowest BCUT2D eigenvalue weighted by Gasteiger charge is -2.37. The summed E-state index contributed by atoms with van der Waals surface area (Å²) >= 11 is 0. The van der Waals surface area contributed by atoms with E-state index < -0.39 is 0 Å². The summed E-state index contributed by atoms with van der Waals surface area (Å²) in [6.07, 6.45) is 0.680. The van der Waals surface area contributed by atoms with Crippen molar-refractivity contribution >= 4 is 5.91 Å². The number of amides is 1. The standard InChI is InChI=1S/C11H23N3O2/c1-9-8-16-10(6-12)7-14(9)5-4-11(15)13(2)3/h9-10H,4-8,12H2,1-3H3. The van der Waals surface area contributed by atoms with Gasteiger partial charge in [-0.15, -0.1) is 0 Å². The van der Waals surface area contributed by atoms with Crippen LogP contribution in [0.1, 0.15) is 13.3 Å². The molecule has 16 heavy (non-hydrogen) atoms. The molecule has 0 aromatic heterocycles. The van der Waals surface area contributed by atoms with Crippen molar-refractivity contribution in [2.45, 2.75) is 25.5 Å². The zero-order valence-electron chi connectivity index (χ0n) is 10.5. The van der Waals surface area contributed by atoms with Crippen molar-refractivity contribution in [3.05, 3.63) is 0 Å². The number of nitrogens with two attached hydrogens (primary N) is 1. The molecule has 94 valence electrons. The van der Waals surface area contributed by atoms with Crippen LogP contribution in [0.4, 0.5) is 0 Å². The van der Waals surface area contributed by atoms with Gasteiger partial charge in [0, 0.05) is 46.2 Å². The Balaban J connectivity index is 2.36. The van der Waals surface area contributed by atoms with Crippen molar-refractivity contribution in [3.8, 4) is 0 Å². The highest BCUT2D eigenvalue weighted by Gasteiger charge is 2.25. The van der Waals surface area contributed by atoms with Crippen LogP contribution in [0.3, 0.4) is 0 Å². The van der Waals surface area contributed by atoms with Gasteiger partial charge >= 0.3 is 0 Å². The third kappa shape index (κ3) is 3.73. The minimum absolute atomic E-state index is 0.116. The van der Waals surface area contributed by atoms with Crippen molar-refractivity contribution in [2.24, 2.45) is 5.73 Å². The predicted octanol–water partition coefficient (Wildman–Crippen LogP) is -0.487. The molecule has 2 atom stereocenters. The summed E-state index contributed by atoms with van der Waals surface area (Å²) in [5, 5.41) is 0. The summed E-state index contributed by atoms with van der Waals surface area (Å²) in [4.78, 5) is 15.4. The number of hydrogen-bond donors (Lipinski definition) is 1. The molecule has 1 aliphatic heterocycles. The highest BCUT2D eigenvalue weighted by atomic mass is 16.5. The largest absolute Gasteiger partial charge is 0.374 e. The summed E-state index contributed by atoms with van der Waals surface area (Å²) in [6, 6.07) is 0.373. The van der Waals surface area contributed by atoms with Crippen LogP contribution in [0.5, 0.6) is 0 Å². The molecule has 0 aromatic rings. The van der Waals surface area contributed by atoms with Crippen LogP contribution in [0.25, 0.3) is 0 Å². The number of morpholine rings is 1. The predicted molar refractivity (Wildman–Crippen MR) is 63.1 cm³/mol. The summed E-state index contributed by atoms with van der Waals surface area (Å²) in [5.41, 5.74) is 5.59. The molecule has 0 aromatic carbocycles. The van der Waals surface area contributed by atoms with E-state index >= 15 is 0 Å². The third-order valence-corrected chi connectivity index (χ3v) is 3.01. The highest BCUT2D eigenvalue weighted by molar-refractivity contribution is 5.75. The molecule has 1 amide bonds. The van der Waals surface area contributed by atoms with Gasteiger partial charge in [0.05, 0.1) is 12.7 Å². The molecule has 1 heterocycles. The van der Waals surface area contributed by atoms with Gasteiger partial charge in [-0.1, -0.05) is 0 Å². The molecule has 1 aliphatic rings. The smallest absolute Gasteiger partial charge is 0.223 e. The summed E-state index contributed by atoms with van der Waals surface area (Å²) < 4.78 is 5.56. The average Bonchev–Trinajstić information content (AvgIpc) is 2.27. The van der Waals surface area contributed by atoms with E-state index in [1.54, 1.807) is 19.0 Å². The first kappa shape index (κ1) is 13.4. The lowest BCUT2D eigenvalue weighted by molar-refractivity contribution is -0.129. The van der Waals surface area contributed by atoms with Crippen molar-refractivity contribution in [1.29, 1.82) is 0 Å². The second kappa shape index (κ2) is 6.18. The number of carbonyl (C=O) groups excluding carboxylic acids is 1. The lowest BCUT2D eigenvalue weighted by Crippen LogP contribution is -2.51. The van der Waals surface area contributed by atoms with Crippen molar-refractivity contribution < 1.29 is 9.53 Å². The van der Waals surface area contributed by atoms with E-state index in [1.807, 2.05) is 0 Å². The Labute approximate surface area is 97.5 Å². The molecule has 2 N–H and O–H groups in total. The summed E-state index contributed by atoms with van der Waals surface area (Å²) in [7, 11) is 3.57. The molecule has 5 nitrogen and oxygen atoms in total. The van der Waals surface area contributed by atoms with Gasteiger partial charge in [-0.25, -0.2) is 0 Å². The number of hydrogen-bond acceptors (Lipinski definition) is 4. The first-order valence-corrected chi connectivity index (χ1v) is 5.80. The Morgan fingerprint density at radius 1 is 1.56 bits per heavy atom. The minimum Gasteiger partial charge on any atom is -0.374 e. The zero-order chi connectivity index (χ0) is 12.1. The highest BCUT2D eigenvalue weighted by Crippen LogP contribution is 2.11. The van der Waals surface area contributed by atoms with E-state index in [-0.39, 0.29) is 12.0 Å². The van der Waals surface area contributed by atoms with Gasteiger partial charge in [0.1, 0.15) is 0 Å². The molecule has 1 saturated heterocycles. The van der Waals surface area contributed by atoms with Crippen LogP contribution in [-0.4, -0.2) is 68.2 Å². The van der Waals surface area contributed by atoms with E-state index in [9.17, 15) is 4.79 Å². The number of rotatable bonds is 4. The number of carbonyl (C=O) groups is 1. The van der Waals surface area contributed by atoms with Crippen molar-refractivity contribution in [1.82, 2.24) is 9.80 Å². The Morgan fingerprint density at radius 3 is 2.81 bits per heavy atom. The molecular formula is C11H23N3O2. The lowest BCUT2D eigenvalue weighted by atomic mass is 10.2. The van der Waals surface area contributed by atoms with Crippen LogP contribution in [0, 0.1) is 0 Å². The van der Waals surface area contributed by atoms with Gasteiger partial charge in [0.25, 0.3) is 0 Å². The second-order valence-corrected chi connectivity index (χ2v) is 4.57. The molecule has 2 unspecified atom stereocenters.